The maximum Gasteiger partial charge on any atom is 0.103 e. The van der Waals surface area contributed by atoms with Crippen molar-refractivity contribution in [3.8, 4) is 0 Å². The third-order valence-corrected chi connectivity index (χ3v) is 4.00. The van der Waals surface area contributed by atoms with Crippen LogP contribution in [0.5, 0.6) is 0 Å². The summed E-state index contributed by atoms with van der Waals surface area (Å²) in [5, 5.41) is 0. The van der Waals surface area contributed by atoms with Gasteiger partial charge < -0.3 is 0 Å². The normalized spacial score (nSPS) is 47.8. The zero-order chi connectivity index (χ0) is 10.8. The minimum Gasteiger partial charge on any atom is -0.247 e. The zero-order valence-corrected chi connectivity index (χ0v) is 8.97. The van der Waals surface area contributed by atoms with Crippen molar-refractivity contribution < 1.29 is 13.2 Å². The molecule has 2 fully saturated rings. The van der Waals surface area contributed by atoms with Crippen molar-refractivity contribution in [1.29, 1.82) is 0 Å². The van der Waals surface area contributed by atoms with Crippen LogP contribution < -0.4 is 0 Å². The predicted molar refractivity (Wildman–Crippen MR) is 54.0 cm³/mol. The number of alkyl halides is 3. The third-order valence-electron chi connectivity index (χ3n) is 4.00. The minimum atomic E-state index is -0.971. The van der Waals surface area contributed by atoms with Gasteiger partial charge in [0.25, 0.3) is 0 Å². The first kappa shape index (κ1) is 11.3. The molecule has 0 radical (unpaired) electrons. The summed E-state index contributed by atoms with van der Waals surface area (Å²) in [7, 11) is 0. The van der Waals surface area contributed by atoms with Crippen molar-refractivity contribution >= 4 is 0 Å². The van der Waals surface area contributed by atoms with Gasteiger partial charge >= 0.3 is 0 Å². The van der Waals surface area contributed by atoms with Crippen LogP contribution in [0.25, 0.3) is 0 Å². The fraction of sp³-hybridized carbons (Fsp3) is 1.00. The van der Waals surface area contributed by atoms with E-state index in [9.17, 15) is 13.2 Å². The second-order valence-electron chi connectivity index (χ2n) is 5.17. The van der Waals surface area contributed by atoms with Crippen LogP contribution in [0.15, 0.2) is 0 Å². The van der Waals surface area contributed by atoms with E-state index in [2.05, 4.69) is 0 Å². The first-order chi connectivity index (χ1) is 7.15. The third kappa shape index (κ3) is 2.88. The summed E-state index contributed by atoms with van der Waals surface area (Å²) in [6.07, 6.45) is 1.30. The van der Waals surface area contributed by atoms with Gasteiger partial charge in [-0.05, 0) is 50.4 Å². The summed E-state index contributed by atoms with van der Waals surface area (Å²) in [5.41, 5.74) is 0. The van der Waals surface area contributed by atoms with E-state index in [0.29, 0.717) is 31.6 Å². The molecular weight excluding hydrogens is 201 g/mol. The summed E-state index contributed by atoms with van der Waals surface area (Å²) in [6.45, 7) is 0. The van der Waals surface area contributed by atoms with Crippen molar-refractivity contribution in [1.82, 2.24) is 0 Å². The van der Waals surface area contributed by atoms with Gasteiger partial charge in [-0.15, -0.1) is 0 Å². The van der Waals surface area contributed by atoms with E-state index in [1.54, 1.807) is 0 Å². The lowest BCUT2D eigenvalue weighted by atomic mass is 9.72. The molecule has 2 unspecified atom stereocenters. The molecule has 2 atom stereocenters. The molecule has 0 aromatic carbocycles. The molecule has 0 spiro atoms. The molecule has 15 heavy (non-hydrogen) atoms. The molecule has 0 aromatic rings. The molecule has 0 aliphatic heterocycles. The Morgan fingerprint density at radius 1 is 0.533 bits per heavy atom. The van der Waals surface area contributed by atoms with Gasteiger partial charge in [-0.25, -0.2) is 13.2 Å². The second-order valence-corrected chi connectivity index (χ2v) is 5.17. The largest absolute Gasteiger partial charge is 0.247 e. The molecule has 2 rings (SSSR count). The highest BCUT2D eigenvalue weighted by Crippen LogP contribution is 2.40. The fourth-order valence-electron chi connectivity index (χ4n) is 3.16. The average Bonchev–Trinajstić information content (AvgIpc) is 2.17. The Bertz CT molecular complexity index is 189. The van der Waals surface area contributed by atoms with E-state index in [0.717, 1.165) is 12.8 Å². The van der Waals surface area contributed by atoms with E-state index >= 15 is 0 Å². The zero-order valence-electron chi connectivity index (χ0n) is 8.97. The molecule has 0 N–H and O–H groups in total. The Balaban J connectivity index is 1.87. The Labute approximate surface area is 89.2 Å². The lowest BCUT2D eigenvalue weighted by Crippen LogP contribution is -2.32. The minimum absolute atomic E-state index is 0.0783. The van der Waals surface area contributed by atoms with Gasteiger partial charge in [-0.1, -0.05) is 0 Å². The second kappa shape index (κ2) is 4.75. The lowest BCUT2D eigenvalue weighted by molar-refractivity contribution is 0.0634. The van der Waals surface area contributed by atoms with Crippen LogP contribution in [0.4, 0.5) is 13.2 Å². The molecule has 2 aliphatic carbocycles. The number of rotatable bonds is 1. The number of hydrogen-bond donors (Lipinski definition) is 0. The van der Waals surface area contributed by atoms with Crippen LogP contribution in [0.3, 0.4) is 0 Å². The molecule has 0 saturated heterocycles. The molecule has 3 heteroatoms. The summed E-state index contributed by atoms with van der Waals surface area (Å²) in [6, 6.07) is 0. The molecule has 0 heterocycles. The number of halogens is 3. The average molecular weight is 220 g/mol. The monoisotopic (exact) mass is 220 g/mol. The van der Waals surface area contributed by atoms with Crippen LogP contribution in [-0.4, -0.2) is 18.5 Å². The Kier molecular flexibility index (Phi) is 3.57. The quantitative estimate of drug-likeness (QED) is 0.626. The molecule has 0 amide bonds. The van der Waals surface area contributed by atoms with Gasteiger partial charge in [0.2, 0.25) is 0 Å². The molecule has 0 nitrogen and oxygen atoms in total. The van der Waals surface area contributed by atoms with E-state index in [1.807, 2.05) is 0 Å². The molecule has 2 saturated carbocycles. The van der Waals surface area contributed by atoms with Crippen molar-refractivity contribution in [2.45, 2.75) is 63.5 Å². The van der Waals surface area contributed by atoms with Crippen molar-refractivity contribution in [3.63, 3.8) is 0 Å². The van der Waals surface area contributed by atoms with E-state index in [1.165, 1.54) is 0 Å². The van der Waals surface area contributed by atoms with Crippen LogP contribution in [-0.2, 0) is 0 Å². The van der Waals surface area contributed by atoms with Crippen LogP contribution in [0.1, 0.15) is 44.9 Å². The standard InChI is InChI=1S/C12H19F3/c13-10-3-1-8(2-4-10)9-5-11(14)7-12(15)6-9/h8-12H,1-7H2. The van der Waals surface area contributed by atoms with Crippen LogP contribution in [0.2, 0.25) is 0 Å². The highest BCUT2D eigenvalue weighted by atomic mass is 19.1. The van der Waals surface area contributed by atoms with Gasteiger partial charge in [0, 0.05) is 6.42 Å². The highest BCUT2D eigenvalue weighted by Gasteiger charge is 2.35. The summed E-state index contributed by atoms with van der Waals surface area (Å²) in [4.78, 5) is 0. The summed E-state index contributed by atoms with van der Waals surface area (Å²) >= 11 is 0. The lowest BCUT2D eigenvalue weighted by Gasteiger charge is -2.36. The highest BCUT2D eigenvalue weighted by molar-refractivity contribution is 4.85. The Hall–Kier alpha value is -0.210. The SMILES string of the molecule is FC1CCC(C2CC(F)CC(F)C2)CC1. The van der Waals surface area contributed by atoms with E-state index < -0.39 is 18.5 Å². The topological polar surface area (TPSA) is 0 Å². The fourth-order valence-corrected chi connectivity index (χ4v) is 3.16. The maximum atomic E-state index is 13.2. The van der Waals surface area contributed by atoms with E-state index in [4.69, 9.17) is 0 Å². The van der Waals surface area contributed by atoms with Crippen molar-refractivity contribution in [2.24, 2.45) is 11.8 Å². The van der Waals surface area contributed by atoms with Gasteiger partial charge in [0.1, 0.15) is 18.5 Å². The van der Waals surface area contributed by atoms with Crippen LogP contribution >= 0.6 is 0 Å². The van der Waals surface area contributed by atoms with Crippen LogP contribution in [0, 0.1) is 11.8 Å². The van der Waals surface area contributed by atoms with Gasteiger partial charge in [-0.3, -0.25) is 0 Å². The molecule has 2 aliphatic rings. The Morgan fingerprint density at radius 2 is 1.07 bits per heavy atom. The predicted octanol–water partition coefficient (Wildman–Crippen LogP) is 3.99. The van der Waals surface area contributed by atoms with Gasteiger partial charge in [0.05, 0.1) is 0 Å². The summed E-state index contributed by atoms with van der Waals surface area (Å²) < 4.78 is 39.3. The van der Waals surface area contributed by atoms with Crippen molar-refractivity contribution in [2.75, 3.05) is 0 Å². The van der Waals surface area contributed by atoms with Gasteiger partial charge in [0.15, 0.2) is 0 Å². The first-order valence-corrected chi connectivity index (χ1v) is 6.07. The molecule has 0 bridgehead atoms. The molecular formula is C12H19F3. The van der Waals surface area contributed by atoms with Gasteiger partial charge in [-0.2, -0.15) is 0 Å². The maximum absolute atomic E-state index is 13.2. The molecule has 0 aromatic heterocycles. The first-order valence-electron chi connectivity index (χ1n) is 6.07. The van der Waals surface area contributed by atoms with E-state index in [-0.39, 0.29) is 12.3 Å². The smallest absolute Gasteiger partial charge is 0.103 e. The molecule has 88 valence electrons. The summed E-state index contributed by atoms with van der Waals surface area (Å²) in [5.74, 6) is 0.532. The Morgan fingerprint density at radius 3 is 1.60 bits per heavy atom. The van der Waals surface area contributed by atoms with Crippen molar-refractivity contribution in [3.05, 3.63) is 0 Å². The number of hydrogen-bond acceptors (Lipinski definition) is 0.